The van der Waals surface area contributed by atoms with Gasteiger partial charge in [-0.1, -0.05) is 0 Å². The molecule has 0 bridgehead atoms. The van der Waals surface area contributed by atoms with Gasteiger partial charge in [0, 0.05) is 48.6 Å². The van der Waals surface area contributed by atoms with Gasteiger partial charge in [0.2, 0.25) is 11.8 Å². The topological polar surface area (TPSA) is 111 Å². The van der Waals surface area contributed by atoms with Gasteiger partial charge in [-0.15, -0.1) is 0 Å². The van der Waals surface area contributed by atoms with Crippen molar-refractivity contribution in [2.24, 2.45) is 12.5 Å². The van der Waals surface area contributed by atoms with Crippen molar-refractivity contribution in [3.05, 3.63) is 91.0 Å². The average Bonchev–Trinajstić information content (AvgIpc) is 3.66. The van der Waals surface area contributed by atoms with Crippen LogP contribution in [0.2, 0.25) is 0 Å². The number of pyridine rings is 2. The monoisotopic (exact) mass is 540 g/mol. The molecule has 3 aromatic heterocycles. The molecule has 1 aliphatic rings. The summed E-state index contributed by atoms with van der Waals surface area (Å²) in [6.45, 7) is 0. The summed E-state index contributed by atoms with van der Waals surface area (Å²) in [6, 6.07) is 12.7. The van der Waals surface area contributed by atoms with Gasteiger partial charge in [0.25, 0.3) is 0 Å². The first-order chi connectivity index (χ1) is 19.3. The molecular formula is C29H22F2N6O3. The van der Waals surface area contributed by atoms with Gasteiger partial charge in [0.15, 0.2) is 11.6 Å². The molecule has 0 radical (unpaired) electrons. The predicted octanol–water partition coefficient (Wildman–Crippen LogP) is 5.46. The average molecular weight is 541 g/mol. The Morgan fingerprint density at radius 2 is 1.62 bits per heavy atom. The molecule has 0 aliphatic heterocycles. The highest BCUT2D eigenvalue weighted by atomic mass is 19.1. The Morgan fingerprint density at radius 3 is 2.30 bits per heavy atom. The van der Waals surface area contributed by atoms with E-state index in [2.05, 4.69) is 25.7 Å². The van der Waals surface area contributed by atoms with Crippen LogP contribution in [-0.2, 0) is 16.6 Å². The summed E-state index contributed by atoms with van der Waals surface area (Å²) in [5.74, 6) is -1.88. The fraction of sp³-hybridized carbons (Fsp3) is 0.138. The number of anilines is 2. The molecular weight excluding hydrogens is 518 g/mol. The Bertz CT molecular complexity index is 1770. The van der Waals surface area contributed by atoms with E-state index in [4.69, 9.17) is 4.74 Å². The Hall–Kier alpha value is -5.19. The minimum absolute atomic E-state index is 0.0583. The number of hydrogen-bond donors (Lipinski definition) is 2. The first kappa shape index (κ1) is 25.1. The normalized spacial score (nSPS) is 13.6. The van der Waals surface area contributed by atoms with Crippen molar-refractivity contribution in [3.8, 4) is 22.8 Å². The lowest BCUT2D eigenvalue weighted by Crippen LogP contribution is -2.35. The summed E-state index contributed by atoms with van der Waals surface area (Å²) in [6.07, 6.45) is 7.41. The number of rotatable bonds is 7. The van der Waals surface area contributed by atoms with Gasteiger partial charge in [-0.05, 0) is 61.4 Å². The van der Waals surface area contributed by atoms with Gasteiger partial charge in [-0.2, -0.15) is 5.10 Å². The molecule has 200 valence electrons. The molecule has 3 heterocycles. The van der Waals surface area contributed by atoms with Crippen molar-refractivity contribution in [2.75, 3.05) is 10.6 Å². The third-order valence-electron chi connectivity index (χ3n) is 6.72. The molecule has 40 heavy (non-hydrogen) atoms. The number of nitrogens with zero attached hydrogens (tertiary/aromatic N) is 4. The highest BCUT2D eigenvalue weighted by Gasteiger charge is 2.56. The zero-order valence-electron chi connectivity index (χ0n) is 21.2. The van der Waals surface area contributed by atoms with E-state index in [1.54, 1.807) is 35.4 Å². The summed E-state index contributed by atoms with van der Waals surface area (Å²) in [5, 5.41) is 10.0. The molecule has 6 rings (SSSR count). The maximum absolute atomic E-state index is 15.0. The van der Waals surface area contributed by atoms with E-state index in [0.717, 1.165) is 11.6 Å². The summed E-state index contributed by atoms with van der Waals surface area (Å²) >= 11 is 0. The zero-order valence-corrected chi connectivity index (χ0v) is 21.2. The van der Waals surface area contributed by atoms with Crippen molar-refractivity contribution in [1.29, 1.82) is 0 Å². The molecule has 9 nitrogen and oxygen atoms in total. The van der Waals surface area contributed by atoms with E-state index in [1.807, 2.05) is 13.2 Å². The van der Waals surface area contributed by atoms with E-state index < -0.39 is 28.9 Å². The van der Waals surface area contributed by atoms with Crippen molar-refractivity contribution in [1.82, 2.24) is 19.7 Å². The molecule has 11 heteroatoms. The molecule has 0 spiro atoms. The first-order valence-corrected chi connectivity index (χ1v) is 12.4. The lowest BCUT2D eigenvalue weighted by molar-refractivity contribution is -0.131. The van der Waals surface area contributed by atoms with Crippen LogP contribution in [0.1, 0.15) is 12.8 Å². The van der Waals surface area contributed by atoms with Crippen LogP contribution < -0.4 is 15.4 Å². The SMILES string of the molecule is Cn1cc(-c2cc3nccc(Oc4ccc(NC(=O)C5(C(=O)Nc6ccc(F)cc6)CC5)cc4F)c3cn2)cn1. The summed E-state index contributed by atoms with van der Waals surface area (Å²) in [4.78, 5) is 34.6. The van der Waals surface area contributed by atoms with Gasteiger partial charge in [0.1, 0.15) is 17.0 Å². The molecule has 2 amide bonds. The second-order valence-electron chi connectivity index (χ2n) is 9.54. The highest BCUT2D eigenvalue weighted by Crippen LogP contribution is 2.47. The van der Waals surface area contributed by atoms with Gasteiger partial charge < -0.3 is 15.4 Å². The number of hydrogen-bond acceptors (Lipinski definition) is 6. The number of carbonyl (C=O) groups is 2. The third-order valence-corrected chi connectivity index (χ3v) is 6.72. The standard InChI is InChI=1S/C29H22F2N6O3/c1-37-16-17(14-34-37)23-13-24-21(15-33-23)25(8-11-32-24)40-26-7-6-20(12-22(26)31)36-28(39)29(9-10-29)27(38)35-19-4-2-18(30)3-5-19/h2-8,11-16H,9-10H2,1H3,(H,35,38)(H,36,39). The number of nitrogens with one attached hydrogen (secondary N) is 2. The first-order valence-electron chi connectivity index (χ1n) is 12.4. The molecule has 0 atom stereocenters. The van der Waals surface area contributed by atoms with E-state index >= 15 is 4.39 Å². The van der Waals surface area contributed by atoms with E-state index in [0.29, 0.717) is 40.9 Å². The minimum Gasteiger partial charge on any atom is -0.453 e. The van der Waals surface area contributed by atoms with Gasteiger partial charge >= 0.3 is 0 Å². The fourth-order valence-electron chi connectivity index (χ4n) is 4.31. The summed E-state index contributed by atoms with van der Waals surface area (Å²) in [7, 11) is 1.82. The molecule has 0 saturated heterocycles. The molecule has 1 fully saturated rings. The zero-order chi connectivity index (χ0) is 27.9. The molecule has 2 aromatic carbocycles. The smallest absolute Gasteiger partial charge is 0.240 e. The van der Waals surface area contributed by atoms with Crippen LogP contribution in [0.25, 0.3) is 22.2 Å². The fourth-order valence-corrected chi connectivity index (χ4v) is 4.31. The van der Waals surface area contributed by atoms with Crippen LogP contribution in [-0.4, -0.2) is 31.6 Å². The second-order valence-corrected chi connectivity index (χ2v) is 9.54. The number of aromatic nitrogens is 4. The van der Waals surface area contributed by atoms with Crippen LogP contribution >= 0.6 is 0 Å². The van der Waals surface area contributed by atoms with E-state index in [1.165, 1.54) is 36.4 Å². The quantitative estimate of drug-likeness (QED) is 0.265. The van der Waals surface area contributed by atoms with Crippen molar-refractivity contribution in [2.45, 2.75) is 12.8 Å². The maximum Gasteiger partial charge on any atom is 0.240 e. The molecule has 5 aromatic rings. The van der Waals surface area contributed by atoms with E-state index in [-0.39, 0.29) is 11.4 Å². The largest absolute Gasteiger partial charge is 0.453 e. The van der Waals surface area contributed by atoms with Gasteiger partial charge in [-0.25, -0.2) is 8.78 Å². The third kappa shape index (κ3) is 4.84. The Kier molecular flexibility index (Phi) is 6.18. The number of benzene rings is 2. The van der Waals surface area contributed by atoms with Crippen LogP contribution in [0.4, 0.5) is 20.2 Å². The second kappa shape index (κ2) is 9.84. The maximum atomic E-state index is 15.0. The number of carbonyl (C=O) groups excluding carboxylic acids is 2. The molecule has 1 saturated carbocycles. The van der Waals surface area contributed by atoms with Crippen molar-refractivity contribution < 1.29 is 23.1 Å². The van der Waals surface area contributed by atoms with Gasteiger partial charge in [0.05, 0.1) is 22.8 Å². The van der Waals surface area contributed by atoms with Crippen LogP contribution in [0.15, 0.2) is 79.4 Å². The number of amides is 2. The molecule has 1 aliphatic carbocycles. The summed E-state index contributed by atoms with van der Waals surface area (Å²) < 4.78 is 35.7. The number of aryl methyl sites for hydroxylation is 1. The lowest BCUT2D eigenvalue weighted by atomic mass is 10.0. The Balaban J connectivity index is 1.16. The summed E-state index contributed by atoms with van der Waals surface area (Å²) in [5.41, 5.74) is 1.43. The lowest BCUT2D eigenvalue weighted by Gasteiger charge is -2.16. The predicted molar refractivity (Wildman–Crippen MR) is 144 cm³/mol. The van der Waals surface area contributed by atoms with Crippen LogP contribution in [0.3, 0.4) is 0 Å². The number of ether oxygens (including phenoxy) is 1. The van der Waals surface area contributed by atoms with Crippen molar-refractivity contribution >= 4 is 34.1 Å². The van der Waals surface area contributed by atoms with Crippen LogP contribution in [0.5, 0.6) is 11.5 Å². The van der Waals surface area contributed by atoms with Crippen molar-refractivity contribution in [3.63, 3.8) is 0 Å². The molecule has 0 unspecified atom stereocenters. The van der Waals surface area contributed by atoms with E-state index in [9.17, 15) is 14.0 Å². The molecule has 2 N–H and O–H groups in total. The number of fused-ring (bicyclic) bond motifs is 1. The minimum atomic E-state index is -1.27. The highest BCUT2D eigenvalue weighted by molar-refractivity contribution is 6.16. The Labute approximate surface area is 226 Å². The van der Waals surface area contributed by atoms with Crippen LogP contribution in [0, 0.1) is 17.0 Å². The number of halogens is 2. The van der Waals surface area contributed by atoms with Gasteiger partial charge in [-0.3, -0.25) is 24.2 Å². The Morgan fingerprint density at radius 1 is 0.900 bits per heavy atom.